The largest absolute Gasteiger partial charge is 0.355 e. The van der Waals surface area contributed by atoms with Gasteiger partial charge in [-0.2, -0.15) is 0 Å². The van der Waals surface area contributed by atoms with Gasteiger partial charge < -0.3 is 10.6 Å². The fraction of sp³-hybridized carbons (Fsp3) is 0.143. The van der Waals surface area contributed by atoms with Gasteiger partial charge in [0.2, 0.25) is 5.91 Å². The van der Waals surface area contributed by atoms with E-state index in [9.17, 15) is 9.59 Å². The van der Waals surface area contributed by atoms with E-state index in [2.05, 4.69) is 10.6 Å². The molecular weight excluding hydrogens is 380 g/mol. The van der Waals surface area contributed by atoms with Gasteiger partial charge in [-0.15, -0.1) is 11.8 Å². The smallest absolute Gasteiger partial charge is 0.251 e. The molecule has 0 radical (unpaired) electrons. The standard InChI is InChI=1S/C21H19ClN2O2S/c1-23-21(26)16-8-2-5-14(11-16)12-24-19(25)13-27-18-10-4-7-15-6-3-9-17(22)20(15)18/h2-11H,12-13H2,1H3,(H,23,26)(H,24,25). The van der Waals surface area contributed by atoms with Crippen LogP contribution >= 0.6 is 23.4 Å². The molecule has 2 amide bonds. The van der Waals surface area contributed by atoms with Crippen molar-refractivity contribution in [3.63, 3.8) is 0 Å². The van der Waals surface area contributed by atoms with Crippen molar-refractivity contribution in [2.45, 2.75) is 11.4 Å². The molecule has 6 heteroatoms. The Labute approximate surface area is 167 Å². The summed E-state index contributed by atoms with van der Waals surface area (Å²) >= 11 is 7.78. The van der Waals surface area contributed by atoms with Crippen molar-refractivity contribution in [1.29, 1.82) is 0 Å². The maximum Gasteiger partial charge on any atom is 0.251 e. The number of thioether (sulfide) groups is 1. The Bertz CT molecular complexity index is 986. The van der Waals surface area contributed by atoms with Crippen LogP contribution in [0.4, 0.5) is 0 Å². The SMILES string of the molecule is CNC(=O)c1cccc(CNC(=O)CSc2cccc3cccc(Cl)c23)c1. The van der Waals surface area contributed by atoms with Crippen molar-refractivity contribution in [1.82, 2.24) is 10.6 Å². The zero-order valence-electron chi connectivity index (χ0n) is 14.8. The molecule has 0 atom stereocenters. The average Bonchev–Trinajstić information content (AvgIpc) is 2.70. The Kier molecular flexibility index (Phi) is 6.37. The predicted octanol–water partition coefficient (Wildman–Crippen LogP) is 4.26. The van der Waals surface area contributed by atoms with Crippen molar-refractivity contribution in [2.24, 2.45) is 0 Å². The van der Waals surface area contributed by atoms with E-state index in [4.69, 9.17) is 11.6 Å². The van der Waals surface area contributed by atoms with Crippen LogP contribution < -0.4 is 10.6 Å². The predicted molar refractivity (Wildman–Crippen MR) is 111 cm³/mol. The number of carbonyl (C=O) groups excluding carboxylic acids is 2. The topological polar surface area (TPSA) is 58.2 Å². The van der Waals surface area contributed by atoms with E-state index in [0.29, 0.717) is 22.9 Å². The van der Waals surface area contributed by atoms with E-state index in [-0.39, 0.29) is 11.8 Å². The first kappa shape index (κ1) is 19.3. The molecule has 3 aromatic carbocycles. The number of fused-ring (bicyclic) bond motifs is 1. The molecule has 0 aliphatic rings. The number of carbonyl (C=O) groups is 2. The minimum absolute atomic E-state index is 0.0746. The summed E-state index contributed by atoms with van der Waals surface area (Å²) in [5.74, 6) is 0.0698. The molecule has 4 nitrogen and oxygen atoms in total. The molecule has 0 unspecified atom stereocenters. The quantitative estimate of drug-likeness (QED) is 0.610. The highest BCUT2D eigenvalue weighted by molar-refractivity contribution is 8.00. The number of halogens is 1. The molecular formula is C21H19ClN2O2S. The maximum absolute atomic E-state index is 12.2. The highest BCUT2D eigenvalue weighted by Gasteiger charge is 2.09. The van der Waals surface area contributed by atoms with Gasteiger partial charge in [0.1, 0.15) is 0 Å². The number of rotatable bonds is 6. The molecule has 0 aliphatic heterocycles. The Morgan fingerprint density at radius 2 is 1.78 bits per heavy atom. The molecule has 0 spiro atoms. The summed E-state index contributed by atoms with van der Waals surface area (Å²) in [6.07, 6.45) is 0. The van der Waals surface area contributed by atoms with Gasteiger partial charge in [0.15, 0.2) is 0 Å². The number of amides is 2. The minimum atomic E-state index is -0.147. The summed E-state index contributed by atoms with van der Waals surface area (Å²) in [4.78, 5) is 24.9. The third-order valence-electron chi connectivity index (χ3n) is 4.08. The van der Waals surface area contributed by atoms with Gasteiger partial charge in [-0.1, -0.05) is 48.0 Å². The van der Waals surface area contributed by atoms with Crippen LogP contribution in [0.25, 0.3) is 10.8 Å². The van der Waals surface area contributed by atoms with E-state index in [1.165, 1.54) is 11.8 Å². The lowest BCUT2D eigenvalue weighted by Gasteiger charge is -2.09. The first-order chi connectivity index (χ1) is 13.1. The molecule has 3 aromatic rings. The zero-order chi connectivity index (χ0) is 19.2. The first-order valence-corrected chi connectivity index (χ1v) is 9.82. The van der Waals surface area contributed by atoms with Gasteiger partial charge >= 0.3 is 0 Å². The lowest BCUT2D eigenvalue weighted by atomic mass is 10.1. The summed E-state index contributed by atoms with van der Waals surface area (Å²) in [6.45, 7) is 0.376. The van der Waals surface area contributed by atoms with Gasteiger partial charge in [-0.05, 0) is 35.2 Å². The Hall–Kier alpha value is -2.50. The molecule has 0 aromatic heterocycles. The third-order valence-corrected chi connectivity index (χ3v) is 5.45. The molecule has 0 aliphatic carbocycles. The summed E-state index contributed by atoms with van der Waals surface area (Å²) < 4.78 is 0. The van der Waals surface area contributed by atoms with E-state index < -0.39 is 0 Å². The van der Waals surface area contributed by atoms with Crippen molar-refractivity contribution >= 4 is 45.9 Å². The van der Waals surface area contributed by atoms with Crippen LogP contribution in [0.2, 0.25) is 5.02 Å². The zero-order valence-corrected chi connectivity index (χ0v) is 16.4. The molecule has 0 saturated heterocycles. The Morgan fingerprint density at radius 3 is 2.56 bits per heavy atom. The summed E-state index contributed by atoms with van der Waals surface area (Å²) in [5.41, 5.74) is 1.45. The van der Waals surface area contributed by atoms with E-state index in [0.717, 1.165) is 21.2 Å². The molecule has 0 bridgehead atoms. The van der Waals surface area contributed by atoms with E-state index >= 15 is 0 Å². The molecule has 3 rings (SSSR count). The van der Waals surface area contributed by atoms with Gasteiger partial charge in [0, 0.05) is 34.5 Å². The van der Waals surface area contributed by atoms with Crippen molar-refractivity contribution in [2.75, 3.05) is 12.8 Å². The number of hydrogen-bond donors (Lipinski definition) is 2. The van der Waals surface area contributed by atoms with Gasteiger partial charge in [-0.25, -0.2) is 0 Å². The summed E-state index contributed by atoms with van der Waals surface area (Å²) in [6, 6.07) is 18.9. The van der Waals surface area contributed by atoms with Crippen LogP contribution in [0.15, 0.2) is 65.6 Å². The molecule has 138 valence electrons. The second kappa shape index (κ2) is 8.93. The molecule has 27 heavy (non-hydrogen) atoms. The molecule has 0 fully saturated rings. The van der Waals surface area contributed by atoms with Crippen molar-refractivity contribution < 1.29 is 9.59 Å². The van der Waals surface area contributed by atoms with Crippen LogP contribution in [-0.2, 0) is 11.3 Å². The minimum Gasteiger partial charge on any atom is -0.355 e. The van der Waals surface area contributed by atoms with E-state index in [1.807, 2.05) is 42.5 Å². The van der Waals surface area contributed by atoms with Gasteiger partial charge in [0.25, 0.3) is 5.91 Å². The van der Waals surface area contributed by atoms with Gasteiger partial charge in [-0.3, -0.25) is 9.59 Å². The van der Waals surface area contributed by atoms with Crippen LogP contribution in [-0.4, -0.2) is 24.6 Å². The highest BCUT2D eigenvalue weighted by atomic mass is 35.5. The average molecular weight is 399 g/mol. The van der Waals surface area contributed by atoms with Crippen LogP contribution in [0.3, 0.4) is 0 Å². The lowest BCUT2D eigenvalue weighted by Crippen LogP contribution is -2.25. The van der Waals surface area contributed by atoms with Gasteiger partial charge in [0.05, 0.1) is 5.75 Å². The lowest BCUT2D eigenvalue weighted by molar-refractivity contribution is -0.118. The van der Waals surface area contributed by atoms with Crippen LogP contribution in [0.5, 0.6) is 0 Å². The van der Waals surface area contributed by atoms with Crippen LogP contribution in [0, 0.1) is 0 Å². The normalized spacial score (nSPS) is 10.6. The Morgan fingerprint density at radius 1 is 1.04 bits per heavy atom. The summed E-state index contributed by atoms with van der Waals surface area (Å²) in [7, 11) is 1.59. The third kappa shape index (κ3) is 4.81. The number of benzene rings is 3. The maximum atomic E-state index is 12.2. The second-order valence-corrected chi connectivity index (χ2v) is 7.36. The highest BCUT2D eigenvalue weighted by Crippen LogP contribution is 2.33. The van der Waals surface area contributed by atoms with Crippen molar-refractivity contribution in [3.05, 3.63) is 76.8 Å². The molecule has 2 N–H and O–H groups in total. The van der Waals surface area contributed by atoms with E-state index in [1.54, 1.807) is 25.2 Å². The van der Waals surface area contributed by atoms with Crippen molar-refractivity contribution in [3.8, 4) is 0 Å². The number of hydrogen-bond acceptors (Lipinski definition) is 3. The molecule has 0 saturated carbocycles. The first-order valence-electron chi connectivity index (χ1n) is 8.46. The molecule has 0 heterocycles. The summed E-state index contributed by atoms with van der Waals surface area (Å²) in [5, 5.41) is 8.19. The second-order valence-electron chi connectivity index (χ2n) is 5.94. The number of nitrogens with one attached hydrogen (secondary N) is 2. The monoisotopic (exact) mass is 398 g/mol. The van der Waals surface area contributed by atoms with Crippen LogP contribution in [0.1, 0.15) is 15.9 Å². The fourth-order valence-corrected chi connectivity index (χ4v) is 4.02. The fourth-order valence-electron chi connectivity index (χ4n) is 2.74. The Balaban J connectivity index is 1.60.